The Balaban J connectivity index is 1.61. The molecule has 0 unspecified atom stereocenters. The highest BCUT2D eigenvalue weighted by atomic mass is 32.1. The second kappa shape index (κ2) is 5.82. The lowest BCUT2D eigenvalue weighted by atomic mass is 10.2. The van der Waals surface area contributed by atoms with Crippen molar-refractivity contribution in [2.24, 2.45) is 0 Å². The number of nitrogens with two attached hydrogens (primary N) is 1. The Bertz CT molecular complexity index is 987. The molecule has 6 heteroatoms. The molecule has 5 nitrogen and oxygen atoms in total. The summed E-state index contributed by atoms with van der Waals surface area (Å²) in [5.74, 6) is 0.155. The number of thiophene rings is 1. The van der Waals surface area contributed by atoms with Crippen molar-refractivity contribution < 1.29 is 4.79 Å². The molecular weight excluding hydrogens is 320 g/mol. The molecule has 0 bridgehead atoms. The smallest absolute Gasteiger partial charge is 0.267 e. The Morgan fingerprint density at radius 1 is 1.08 bits per heavy atom. The minimum Gasteiger partial charge on any atom is -0.394 e. The summed E-state index contributed by atoms with van der Waals surface area (Å²) < 4.78 is 2.72. The molecule has 0 atom stereocenters. The van der Waals surface area contributed by atoms with Crippen molar-refractivity contribution in [2.75, 3.05) is 11.1 Å². The van der Waals surface area contributed by atoms with Crippen LogP contribution < -0.4 is 11.1 Å². The zero-order chi connectivity index (χ0) is 16.5. The number of aromatic nitrogens is 2. The molecule has 0 aliphatic carbocycles. The van der Waals surface area contributed by atoms with E-state index in [-0.39, 0.29) is 5.91 Å². The quantitative estimate of drug-likeness (QED) is 0.596. The molecule has 0 spiro atoms. The highest BCUT2D eigenvalue weighted by Crippen LogP contribution is 2.27. The van der Waals surface area contributed by atoms with E-state index in [2.05, 4.69) is 10.4 Å². The van der Waals surface area contributed by atoms with Gasteiger partial charge in [-0.3, -0.25) is 4.79 Å². The molecular formula is C18H14N4OS. The third-order valence-corrected chi connectivity index (χ3v) is 4.76. The van der Waals surface area contributed by atoms with E-state index >= 15 is 0 Å². The number of amides is 1. The SMILES string of the molecule is Nc1cn(-c2ccccc2)nc1NC(=O)c1cc2ccccc2s1. The molecule has 3 N–H and O–H groups in total. The zero-order valence-electron chi connectivity index (χ0n) is 12.6. The molecule has 118 valence electrons. The normalized spacial score (nSPS) is 10.8. The average molecular weight is 334 g/mol. The van der Waals surface area contributed by atoms with Gasteiger partial charge >= 0.3 is 0 Å². The maximum absolute atomic E-state index is 12.5. The molecule has 0 fully saturated rings. The number of rotatable bonds is 3. The van der Waals surface area contributed by atoms with Gasteiger partial charge in [0, 0.05) is 4.70 Å². The number of carbonyl (C=O) groups excluding carboxylic acids is 1. The van der Waals surface area contributed by atoms with E-state index in [0.29, 0.717) is 16.4 Å². The topological polar surface area (TPSA) is 72.9 Å². The first-order valence-electron chi connectivity index (χ1n) is 7.41. The summed E-state index contributed by atoms with van der Waals surface area (Å²) in [5.41, 5.74) is 7.29. The van der Waals surface area contributed by atoms with Gasteiger partial charge in [0.1, 0.15) is 0 Å². The average Bonchev–Trinajstić information content (AvgIpc) is 3.20. The van der Waals surface area contributed by atoms with Crippen molar-refractivity contribution in [3.05, 3.63) is 71.7 Å². The van der Waals surface area contributed by atoms with Crippen molar-refractivity contribution in [3.8, 4) is 5.69 Å². The lowest BCUT2D eigenvalue weighted by Gasteiger charge is -2.01. The van der Waals surface area contributed by atoms with Crippen molar-refractivity contribution in [2.45, 2.75) is 0 Å². The predicted octanol–water partition coefficient (Wildman–Crippen LogP) is 3.92. The van der Waals surface area contributed by atoms with E-state index in [1.807, 2.05) is 60.7 Å². The van der Waals surface area contributed by atoms with Crippen LogP contribution in [0.1, 0.15) is 9.67 Å². The van der Waals surface area contributed by atoms with Gasteiger partial charge in [-0.1, -0.05) is 36.4 Å². The first-order chi connectivity index (χ1) is 11.7. The van der Waals surface area contributed by atoms with E-state index in [4.69, 9.17) is 5.73 Å². The van der Waals surface area contributed by atoms with E-state index in [0.717, 1.165) is 15.8 Å². The monoisotopic (exact) mass is 334 g/mol. The summed E-state index contributed by atoms with van der Waals surface area (Å²) in [7, 11) is 0. The molecule has 24 heavy (non-hydrogen) atoms. The van der Waals surface area contributed by atoms with Crippen molar-refractivity contribution >= 4 is 38.8 Å². The number of anilines is 2. The number of para-hydroxylation sites is 1. The molecule has 0 radical (unpaired) electrons. The number of hydrogen-bond acceptors (Lipinski definition) is 4. The Morgan fingerprint density at radius 2 is 1.83 bits per heavy atom. The van der Waals surface area contributed by atoms with Crippen LogP contribution in [0.3, 0.4) is 0 Å². The van der Waals surface area contributed by atoms with Crippen LogP contribution >= 0.6 is 11.3 Å². The van der Waals surface area contributed by atoms with Crippen LogP contribution in [0.5, 0.6) is 0 Å². The third-order valence-electron chi connectivity index (χ3n) is 3.64. The van der Waals surface area contributed by atoms with Gasteiger partial charge in [0.15, 0.2) is 5.82 Å². The fraction of sp³-hybridized carbons (Fsp3) is 0. The number of hydrogen-bond donors (Lipinski definition) is 2. The predicted molar refractivity (Wildman–Crippen MR) is 97.8 cm³/mol. The number of fused-ring (bicyclic) bond motifs is 1. The zero-order valence-corrected chi connectivity index (χ0v) is 13.5. The third kappa shape index (κ3) is 2.63. The summed E-state index contributed by atoms with van der Waals surface area (Å²) in [5, 5.41) is 8.21. The fourth-order valence-corrected chi connectivity index (χ4v) is 3.42. The molecule has 2 heterocycles. The molecule has 0 aliphatic heterocycles. The minimum absolute atomic E-state index is 0.207. The second-order valence-corrected chi connectivity index (χ2v) is 6.40. The van der Waals surface area contributed by atoms with Gasteiger partial charge in [-0.05, 0) is 29.7 Å². The summed E-state index contributed by atoms with van der Waals surface area (Å²) in [4.78, 5) is 13.1. The van der Waals surface area contributed by atoms with Crippen LogP contribution in [0.25, 0.3) is 15.8 Å². The molecule has 4 rings (SSSR count). The summed E-state index contributed by atoms with van der Waals surface area (Å²) >= 11 is 1.45. The van der Waals surface area contributed by atoms with Crippen LogP contribution in [0.2, 0.25) is 0 Å². The second-order valence-electron chi connectivity index (χ2n) is 5.32. The standard InChI is InChI=1S/C18H14N4OS/c19-14-11-22(13-7-2-1-3-8-13)21-17(14)20-18(23)16-10-12-6-4-5-9-15(12)24-16/h1-11H,19H2,(H,20,21,23). The minimum atomic E-state index is -0.207. The highest BCUT2D eigenvalue weighted by molar-refractivity contribution is 7.20. The largest absolute Gasteiger partial charge is 0.394 e. The molecule has 0 saturated heterocycles. The first-order valence-corrected chi connectivity index (χ1v) is 8.23. The first kappa shape index (κ1) is 14.5. The number of carbonyl (C=O) groups is 1. The van der Waals surface area contributed by atoms with Gasteiger partial charge < -0.3 is 11.1 Å². The van der Waals surface area contributed by atoms with Crippen LogP contribution in [0, 0.1) is 0 Å². The Morgan fingerprint density at radius 3 is 2.62 bits per heavy atom. The number of nitrogens with zero attached hydrogens (tertiary/aromatic N) is 2. The fourth-order valence-electron chi connectivity index (χ4n) is 2.46. The summed E-state index contributed by atoms with van der Waals surface area (Å²) in [6, 6.07) is 19.4. The van der Waals surface area contributed by atoms with E-state index in [1.165, 1.54) is 11.3 Å². The van der Waals surface area contributed by atoms with Gasteiger partial charge in [-0.2, -0.15) is 0 Å². The van der Waals surface area contributed by atoms with Gasteiger partial charge in [0.05, 0.1) is 22.4 Å². The van der Waals surface area contributed by atoms with Gasteiger partial charge in [0.2, 0.25) is 0 Å². The van der Waals surface area contributed by atoms with Crippen molar-refractivity contribution in [1.82, 2.24) is 9.78 Å². The van der Waals surface area contributed by atoms with Crippen LogP contribution in [-0.4, -0.2) is 15.7 Å². The molecule has 4 aromatic rings. The molecule has 1 amide bonds. The van der Waals surface area contributed by atoms with E-state index in [1.54, 1.807) is 10.9 Å². The van der Waals surface area contributed by atoms with Crippen LogP contribution in [-0.2, 0) is 0 Å². The maximum Gasteiger partial charge on any atom is 0.267 e. The number of benzene rings is 2. The molecule has 0 saturated carbocycles. The van der Waals surface area contributed by atoms with Gasteiger partial charge in [-0.15, -0.1) is 16.4 Å². The van der Waals surface area contributed by atoms with E-state index in [9.17, 15) is 4.79 Å². The summed E-state index contributed by atoms with van der Waals surface area (Å²) in [6.45, 7) is 0. The number of nitrogen functional groups attached to an aromatic ring is 1. The number of nitrogens with one attached hydrogen (secondary N) is 1. The van der Waals surface area contributed by atoms with Gasteiger partial charge in [0.25, 0.3) is 5.91 Å². The Kier molecular flexibility index (Phi) is 3.51. The highest BCUT2D eigenvalue weighted by Gasteiger charge is 2.14. The maximum atomic E-state index is 12.5. The Hall–Kier alpha value is -3.12. The Labute approximate surface area is 142 Å². The molecule has 2 aromatic heterocycles. The lowest BCUT2D eigenvalue weighted by Crippen LogP contribution is -2.12. The van der Waals surface area contributed by atoms with Crippen LogP contribution in [0.4, 0.5) is 11.5 Å². The van der Waals surface area contributed by atoms with Crippen molar-refractivity contribution in [1.29, 1.82) is 0 Å². The van der Waals surface area contributed by atoms with Crippen LogP contribution in [0.15, 0.2) is 66.9 Å². The molecule has 0 aliphatic rings. The van der Waals surface area contributed by atoms with Crippen molar-refractivity contribution in [3.63, 3.8) is 0 Å². The summed E-state index contributed by atoms with van der Waals surface area (Å²) in [6.07, 6.45) is 1.69. The van der Waals surface area contributed by atoms with Gasteiger partial charge in [-0.25, -0.2) is 4.68 Å². The molecule has 2 aromatic carbocycles. The lowest BCUT2D eigenvalue weighted by molar-refractivity contribution is 0.103. The van der Waals surface area contributed by atoms with E-state index < -0.39 is 0 Å².